The Morgan fingerprint density at radius 2 is 1.72 bits per heavy atom. The molecule has 5 heteroatoms. The lowest BCUT2D eigenvalue weighted by Crippen LogP contribution is -2.05. The number of carbonyl (C=O) groups excluding carboxylic acids is 1. The smallest absolute Gasteiger partial charge is 0.221 e. The number of amides is 1. The second-order valence-corrected chi connectivity index (χ2v) is 6.56. The number of anilines is 1. The van der Waals surface area contributed by atoms with Gasteiger partial charge in [-0.25, -0.2) is 4.99 Å². The summed E-state index contributed by atoms with van der Waals surface area (Å²) in [6, 6.07) is 24.9. The van der Waals surface area contributed by atoms with Gasteiger partial charge >= 0.3 is 0 Å². The zero-order chi connectivity index (χ0) is 20.2. The molecule has 4 rings (SSSR count). The summed E-state index contributed by atoms with van der Waals surface area (Å²) in [5, 5.41) is 4.39. The van der Waals surface area contributed by atoms with Crippen LogP contribution in [-0.2, 0) is 4.79 Å². The van der Waals surface area contributed by atoms with Crippen LogP contribution in [0.4, 0.5) is 11.4 Å². The molecule has 0 unspecified atom stereocenters. The van der Waals surface area contributed by atoms with E-state index in [1.54, 1.807) is 7.11 Å². The highest BCUT2D eigenvalue weighted by Crippen LogP contribution is 2.25. The molecule has 144 valence electrons. The molecule has 5 nitrogen and oxygen atoms in total. The van der Waals surface area contributed by atoms with Crippen LogP contribution in [0.25, 0.3) is 22.3 Å². The van der Waals surface area contributed by atoms with Crippen LogP contribution in [0.3, 0.4) is 0 Å². The molecule has 0 fully saturated rings. The summed E-state index contributed by atoms with van der Waals surface area (Å²) in [4.78, 5) is 16.0. The van der Waals surface area contributed by atoms with E-state index in [1.165, 1.54) is 6.92 Å². The maximum atomic E-state index is 11.2. The van der Waals surface area contributed by atoms with Gasteiger partial charge in [0.1, 0.15) is 17.1 Å². The van der Waals surface area contributed by atoms with Crippen molar-refractivity contribution >= 4 is 28.3 Å². The standard InChI is InChI=1S/C24H20N2O3/c1-16(27)25-18-8-10-19(11-9-18)26-22-15-24(17-6-4-3-5-7-17)29-23-13-12-20(28-2)14-21(22)23/h3-15H,1-2H3,(H,25,27). The summed E-state index contributed by atoms with van der Waals surface area (Å²) in [6.07, 6.45) is 0. The van der Waals surface area contributed by atoms with Crippen LogP contribution in [0.2, 0.25) is 0 Å². The van der Waals surface area contributed by atoms with Gasteiger partial charge in [0.25, 0.3) is 0 Å². The minimum absolute atomic E-state index is 0.107. The van der Waals surface area contributed by atoms with Gasteiger partial charge in [-0.2, -0.15) is 0 Å². The molecule has 0 aliphatic heterocycles. The molecular weight excluding hydrogens is 364 g/mol. The van der Waals surface area contributed by atoms with Gasteiger partial charge in [0.15, 0.2) is 0 Å². The third-order valence-corrected chi connectivity index (χ3v) is 4.45. The average Bonchev–Trinajstić information content (AvgIpc) is 2.75. The minimum atomic E-state index is -0.107. The Labute approximate surface area is 168 Å². The predicted octanol–water partition coefficient (Wildman–Crippen LogP) is 5.30. The zero-order valence-corrected chi connectivity index (χ0v) is 16.2. The van der Waals surface area contributed by atoms with Crippen LogP contribution < -0.4 is 15.4 Å². The number of rotatable bonds is 4. The molecular formula is C24H20N2O3. The van der Waals surface area contributed by atoms with E-state index in [0.29, 0.717) is 0 Å². The van der Waals surface area contributed by atoms with Gasteiger partial charge in [0.2, 0.25) is 5.91 Å². The van der Waals surface area contributed by atoms with Crippen molar-refractivity contribution in [1.82, 2.24) is 0 Å². The topological polar surface area (TPSA) is 63.8 Å². The molecule has 1 heterocycles. The predicted molar refractivity (Wildman–Crippen MR) is 114 cm³/mol. The van der Waals surface area contributed by atoms with E-state index < -0.39 is 0 Å². The molecule has 1 N–H and O–H groups in total. The fourth-order valence-corrected chi connectivity index (χ4v) is 3.07. The number of fused-ring (bicyclic) bond motifs is 1. The molecule has 0 spiro atoms. The second-order valence-electron chi connectivity index (χ2n) is 6.56. The molecule has 0 aliphatic rings. The molecule has 0 saturated carbocycles. The first-order chi connectivity index (χ1) is 14.1. The van der Waals surface area contributed by atoms with Crippen molar-refractivity contribution in [2.75, 3.05) is 12.4 Å². The van der Waals surface area contributed by atoms with E-state index in [0.717, 1.165) is 44.8 Å². The first-order valence-corrected chi connectivity index (χ1v) is 9.22. The number of nitrogens with zero attached hydrogens (tertiary/aromatic N) is 1. The van der Waals surface area contributed by atoms with Gasteiger partial charge in [-0.3, -0.25) is 4.79 Å². The fourth-order valence-electron chi connectivity index (χ4n) is 3.07. The van der Waals surface area contributed by atoms with E-state index in [4.69, 9.17) is 14.1 Å². The first kappa shape index (κ1) is 18.5. The van der Waals surface area contributed by atoms with Gasteiger partial charge in [-0.15, -0.1) is 0 Å². The second kappa shape index (κ2) is 8.02. The third kappa shape index (κ3) is 4.19. The molecule has 4 aromatic rings. The van der Waals surface area contributed by atoms with Crippen LogP contribution in [-0.4, -0.2) is 13.0 Å². The molecule has 0 atom stereocenters. The summed E-state index contributed by atoms with van der Waals surface area (Å²) in [5.41, 5.74) is 3.20. The number of ether oxygens (including phenoxy) is 1. The van der Waals surface area contributed by atoms with Crippen molar-refractivity contribution in [3.63, 3.8) is 0 Å². The Morgan fingerprint density at radius 1 is 0.966 bits per heavy atom. The lowest BCUT2D eigenvalue weighted by molar-refractivity contribution is -0.114. The van der Waals surface area contributed by atoms with Gasteiger partial charge in [-0.1, -0.05) is 30.3 Å². The molecule has 3 aromatic carbocycles. The van der Waals surface area contributed by atoms with Crippen molar-refractivity contribution in [1.29, 1.82) is 0 Å². The highest BCUT2D eigenvalue weighted by atomic mass is 16.5. The largest absolute Gasteiger partial charge is 0.497 e. The summed E-state index contributed by atoms with van der Waals surface area (Å²) in [5.74, 6) is 1.36. The molecule has 0 aliphatic carbocycles. The Morgan fingerprint density at radius 3 is 2.41 bits per heavy atom. The summed E-state index contributed by atoms with van der Waals surface area (Å²) in [6.45, 7) is 1.48. The van der Waals surface area contributed by atoms with Crippen molar-refractivity contribution in [3.05, 3.63) is 84.2 Å². The van der Waals surface area contributed by atoms with E-state index in [-0.39, 0.29) is 5.91 Å². The van der Waals surface area contributed by atoms with Crippen LogP contribution in [0.15, 0.2) is 88.3 Å². The third-order valence-electron chi connectivity index (χ3n) is 4.45. The maximum Gasteiger partial charge on any atom is 0.221 e. The summed E-state index contributed by atoms with van der Waals surface area (Å²) >= 11 is 0. The summed E-state index contributed by atoms with van der Waals surface area (Å²) < 4.78 is 11.5. The van der Waals surface area contributed by atoms with Crippen molar-refractivity contribution < 1.29 is 13.9 Å². The van der Waals surface area contributed by atoms with Crippen molar-refractivity contribution in [2.24, 2.45) is 4.99 Å². The number of benzene rings is 3. The average molecular weight is 384 g/mol. The van der Waals surface area contributed by atoms with Crippen molar-refractivity contribution in [2.45, 2.75) is 6.92 Å². The molecule has 29 heavy (non-hydrogen) atoms. The van der Waals surface area contributed by atoms with Gasteiger partial charge in [-0.05, 0) is 42.5 Å². The minimum Gasteiger partial charge on any atom is -0.497 e. The fraction of sp³-hybridized carbons (Fsp3) is 0.0833. The molecule has 0 radical (unpaired) electrons. The number of hydrogen-bond acceptors (Lipinski definition) is 4. The van der Waals surface area contributed by atoms with Crippen molar-refractivity contribution in [3.8, 4) is 17.1 Å². The van der Waals surface area contributed by atoms with Crippen LogP contribution in [0, 0.1) is 0 Å². The molecule has 0 saturated heterocycles. The van der Waals surface area contributed by atoms with E-state index in [2.05, 4.69) is 5.32 Å². The monoisotopic (exact) mass is 384 g/mol. The van der Waals surface area contributed by atoms with E-state index in [9.17, 15) is 4.79 Å². The number of hydrogen-bond donors (Lipinski definition) is 1. The van der Waals surface area contributed by atoms with Gasteiger partial charge in [0.05, 0.1) is 18.2 Å². The maximum absolute atomic E-state index is 11.2. The Bertz CT molecular complexity index is 1230. The molecule has 1 aromatic heterocycles. The SMILES string of the molecule is COc1ccc2oc(-c3ccccc3)cc(=Nc3ccc(NC(C)=O)cc3)c2c1. The number of nitrogens with one attached hydrogen (secondary N) is 1. The quantitative estimate of drug-likeness (QED) is 0.519. The lowest BCUT2D eigenvalue weighted by atomic mass is 10.1. The lowest BCUT2D eigenvalue weighted by Gasteiger charge is -2.07. The zero-order valence-electron chi connectivity index (χ0n) is 16.2. The Hall–Kier alpha value is -3.86. The number of carbonyl (C=O) groups is 1. The van der Waals surface area contributed by atoms with E-state index >= 15 is 0 Å². The van der Waals surface area contributed by atoms with E-state index in [1.807, 2.05) is 78.9 Å². The first-order valence-electron chi connectivity index (χ1n) is 9.22. The Kier molecular flexibility index (Phi) is 5.12. The van der Waals surface area contributed by atoms with Gasteiger partial charge < -0.3 is 14.5 Å². The highest BCUT2D eigenvalue weighted by molar-refractivity contribution is 5.88. The molecule has 1 amide bonds. The molecule has 0 bridgehead atoms. The van der Waals surface area contributed by atoms with Crippen LogP contribution in [0.5, 0.6) is 5.75 Å². The van der Waals surface area contributed by atoms with Crippen LogP contribution in [0.1, 0.15) is 6.92 Å². The highest BCUT2D eigenvalue weighted by Gasteiger charge is 2.07. The van der Waals surface area contributed by atoms with Gasteiger partial charge in [0, 0.05) is 29.6 Å². The van der Waals surface area contributed by atoms with Crippen LogP contribution >= 0.6 is 0 Å². The Balaban J connectivity index is 1.88. The number of methoxy groups -OCH3 is 1. The summed E-state index contributed by atoms with van der Waals surface area (Å²) in [7, 11) is 1.63. The normalized spacial score (nSPS) is 11.4.